The Hall–Kier alpha value is -3.37. The summed E-state index contributed by atoms with van der Waals surface area (Å²) in [5.74, 6) is 0.148. The number of anilines is 1. The summed E-state index contributed by atoms with van der Waals surface area (Å²) in [5, 5.41) is 20.1. The normalized spacial score (nSPS) is 16.1. The number of aliphatic hydroxyl groups is 1. The zero-order valence-corrected chi connectivity index (χ0v) is 15.3. The molecule has 1 aliphatic rings. The monoisotopic (exact) mass is 377 g/mol. The standard InChI is InChI=1S/C21H20FN5O/c22-15-5-7-16(8-6-15)27-11-9-26(10-12-27)14-20(28)17(13-23)21-24-18-3-1-2-4-19(18)25-21/h1-8,28H,9-12,14H2,(H,24,25)/b20-17-. The number of H-pyrrole nitrogens is 1. The molecule has 2 heterocycles. The molecule has 1 fully saturated rings. The van der Waals surface area contributed by atoms with Gasteiger partial charge in [-0.1, -0.05) is 12.1 Å². The van der Waals surface area contributed by atoms with Gasteiger partial charge in [-0.2, -0.15) is 5.26 Å². The van der Waals surface area contributed by atoms with E-state index in [0.717, 1.165) is 42.9 Å². The summed E-state index contributed by atoms with van der Waals surface area (Å²) < 4.78 is 13.1. The number of fused-ring (bicyclic) bond motifs is 1. The second kappa shape index (κ2) is 7.71. The van der Waals surface area contributed by atoms with Gasteiger partial charge in [0.15, 0.2) is 5.82 Å². The van der Waals surface area contributed by atoms with Crippen molar-refractivity contribution in [1.29, 1.82) is 5.26 Å². The third-order valence-corrected chi connectivity index (χ3v) is 4.96. The van der Waals surface area contributed by atoms with Crippen molar-refractivity contribution in [3.8, 4) is 6.07 Å². The van der Waals surface area contributed by atoms with Crippen LogP contribution in [0.2, 0.25) is 0 Å². The van der Waals surface area contributed by atoms with Gasteiger partial charge in [-0.25, -0.2) is 9.37 Å². The van der Waals surface area contributed by atoms with Gasteiger partial charge in [0.25, 0.3) is 0 Å². The van der Waals surface area contributed by atoms with Crippen LogP contribution in [0.3, 0.4) is 0 Å². The van der Waals surface area contributed by atoms with Crippen LogP contribution in [0.5, 0.6) is 0 Å². The Morgan fingerprint density at radius 3 is 2.50 bits per heavy atom. The number of para-hydroxylation sites is 2. The minimum absolute atomic E-state index is 0.0109. The van der Waals surface area contributed by atoms with Gasteiger partial charge < -0.3 is 15.0 Å². The number of piperazine rings is 1. The minimum Gasteiger partial charge on any atom is -0.509 e. The molecule has 2 N–H and O–H groups in total. The van der Waals surface area contributed by atoms with E-state index in [1.807, 2.05) is 24.3 Å². The topological polar surface area (TPSA) is 79.2 Å². The predicted octanol–water partition coefficient (Wildman–Crippen LogP) is 3.32. The van der Waals surface area contributed by atoms with Crippen LogP contribution in [-0.2, 0) is 0 Å². The van der Waals surface area contributed by atoms with Gasteiger partial charge in [-0.3, -0.25) is 4.90 Å². The maximum atomic E-state index is 13.1. The maximum Gasteiger partial charge on any atom is 0.152 e. The van der Waals surface area contributed by atoms with E-state index in [1.165, 1.54) is 12.1 Å². The van der Waals surface area contributed by atoms with Crippen LogP contribution in [0, 0.1) is 17.1 Å². The summed E-state index contributed by atoms with van der Waals surface area (Å²) in [6.45, 7) is 3.30. The minimum atomic E-state index is -0.243. The van der Waals surface area contributed by atoms with E-state index in [4.69, 9.17) is 0 Å². The first-order valence-corrected chi connectivity index (χ1v) is 9.14. The number of aromatic nitrogens is 2. The van der Waals surface area contributed by atoms with Crippen molar-refractivity contribution in [2.45, 2.75) is 0 Å². The second-order valence-electron chi connectivity index (χ2n) is 6.78. The zero-order chi connectivity index (χ0) is 19.5. The summed E-state index contributed by atoms with van der Waals surface area (Å²) in [5.41, 5.74) is 2.73. The molecular weight excluding hydrogens is 357 g/mol. The van der Waals surface area contributed by atoms with Crippen molar-refractivity contribution >= 4 is 22.3 Å². The fourth-order valence-electron chi connectivity index (χ4n) is 3.43. The Morgan fingerprint density at radius 1 is 1.11 bits per heavy atom. The van der Waals surface area contributed by atoms with Crippen molar-refractivity contribution in [2.24, 2.45) is 0 Å². The lowest BCUT2D eigenvalue weighted by Crippen LogP contribution is -2.47. The number of rotatable bonds is 4. The number of allylic oxidation sites excluding steroid dienone is 1. The van der Waals surface area contributed by atoms with Crippen molar-refractivity contribution in [2.75, 3.05) is 37.6 Å². The van der Waals surface area contributed by atoms with Crippen molar-refractivity contribution in [3.05, 3.63) is 65.9 Å². The van der Waals surface area contributed by atoms with Crippen LogP contribution >= 0.6 is 0 Å². The van der Waals surface area contributed by atoms with E-state index < -0.39 is 0 Å². The third-order valence-electron chi connectivity index (χ3n) is 4.96. The lowest BCUT2D eigenvalue weighted by molar-refractivity contribution is 0.239. The number of halogens is 1. The van der Waals surface area contributed by atoms with Gasteiger partial charge >= 0.3 is 0 Å². The number of aromatic amines is 1. The highest BCUT2D eigenvalue weighted by molar-refractivity contribution is 5.82. The molecule has 0 amide bonds. The average molecular weight is 377 g/mol. The van der Waals surface area contributed by atoms with Gasteiger partial charge in [0, 0.05) is 31.9 Å². The Kier molecular flexibility index (Phi) is 4.96. The molecule has 0 unspecified atom stereocenters. The Morgan fingerprint density at radius 2 is 1.82 bits per heavy atom. The molecule has 0 spiro atoms. The number of nitriles is 1. The quantitative estimate of drug-likeness (QED) is 0.539. The molecule has 6 nitrogen and oxygen atoms in total. The fraction of sp³-hybridized carbons (Fsp3) is 0.238. The molecule has 1 aromatic heterocycles. The van der Waals surface area contributed by atoms with Crippen LogP contribution in [0.4, 0.5) is 10.1 Å². The van der Waals surface area contributed by atoms with Gasteiger partial charge in [0.1, 0.15) is 23.2 Å². The number of aliphatic hydroxyl groups excluding tert-OH is 1. The fourth-order valence-corrected chi connectivity index (χ4v) is 3.43. The summed E-state index contributed by atoms with van der Waals surface area (Å²) in [6, 6.07) is 16.1. The highest BCUT2D eigenvalue weighted by Crippen LogP contribution is 2.21. The van der Waals surface area contributed by atoms with E-state index in [1.54, 1.807) is 12.1 Å². The molecule has 0 aliphatic carbocycles. The number of hydrogen-bond acceptors (Lipinski definition) is 5. The SMILES string of the molecule is N#C/C(=C(/O)CN1CCN(c2ccc(F)cc2)CC1)c1nc2ccccc2[nH]1. The summed E-state index contributed by atoms with van der Waals surface area (Å²) in [7, 11) is 0. The van der Waals surface area contributed by atoms with E-state index in [0.29, 0.717) is 5.82 Å². The summed E-state index contributed by atoms with van der Waals surface area (Å²) in [6.07, 6.45) is 0. The lowest BCUT2D eigenvalue weighted by atomic mass is 10.2. The van der Waals surface area contributed by atoms with Crippen LogP contribution in [-0.4, -0.2) is 52.7 Å². The summed E-state index contributed by atoms with van der Waals surface area (Å²) >= 11 is 0. The molecule has 28 heavy (non-hydrogen) atoms. The smallest absolute Gasteiger partial charge is 0.152 e. The number of nitrogens with one attached hydrogen (secondary N) is 1. The first kappa shape index (κ1) is 18.0. The Bertz CT molecular complexity index is 1010. The van der Waals surface area contributed by atoms with E-state index in [-0.39, 0.29) is 23.7 Å². The Labute approximate surface area is 162 Å². The lowest BCUT2D eigenvalue weighted by Gasteiger charge is -2.36. The number of benzene rings is 2. The van der Waals surface area contributed by atoms with Gasteiger partial charge in [0.2, 0.25) is 0 Å². The molecule has 0 saturated carbocycles. The zero-order valence-electron chi connectivity index (χ0n) is 15.3. The third kappa shape index (κ3) is 3.68. The van der Waals surface area contributed by atoms with Crippen molar-refractivity contribution in [3.63, 3.8) is 0 Å². The molecule has 7 heteroatoms. The molecule has 2 aromatic carbocycles. The van der Waals surface area contributed by atoms with Crippen LogP contribution < -0.4 is 4.90 Å². The van der Waals surface area contributed by atoms with Crippen molar-refractivity contribution < 1.29 is 9.50 Å². The molecule has 1 aliphatic heterocycles. The number of nitrogens with zero attached hydrogens (tertiary/aromatic N) is 4. The molecule has 0 atom stereocenters. The average Bonchev–Trinajstić information content (AvgIpc) is 3.13. The highest BCUT2D eigenvalue weighted by atomic mass is 19.1. The van der Waals surface area contributed by atoms with Gasteiger partial charge in [-0.15, -0.1) is 0 Å². The van der Waals surface area contributed by atoms with Gasteiger partial charge in [-0.05, 0) is 36.4 Å². The molecule has 1 saturated heterocycles. The molecule has 142 valence electrons. The Balaban J connectivity index is 1.44. The summed E-state index contributed by atoms with van der Waals surface area (Å²) in [4.78, 5) is 11.8. The molecule has 0 bridgehead atoms. The molecule has 3 aromatic rings. The molecule has 4 rings (SSSR count). The van der Waals surface area contributed by atoms with E-state index in [9.17, 15) is 14.8 Å². The van der Waals surface area contributed by atoms with Crippen LogP contribution in [0.25, 0.3) is 16.6 Å². The number of hydrogen-bond donors (Lipinski definition) is 2. The van der Waals surface area contributed by atoms with E-state index in [2.05, 4.69) is 25.8 Å². The molecule has 0 radical (unpaired) electrons. The first-order chi connectivity index (χ1) is 13.6. The van der Waals surface area contributed by atoms with Crippen molar-refractivity contribution in [1.82, 2.24) is 14.9 Å². The molecular formula is C21H20FN5O. The van der Waals surface area contributed by atoms with Crippen LogP contribution in [0.15, 0.2) is 54.3 Å². The largest absolute Gasteiger partial charge is 0.509 e. The highest BCUT2D eigenvalue weighted by Gasteiger charge is 2.20. The maximum absolute atomic E-state index is 13.1. The van der Waals surface area contributed by atoms with Crippen LogP contribution in [0.1, 0.15) is 5.82 Å². The van der Waals surface area contributed by atoms with E-state index >= 15 is 0 Å². The predicted molar refractivity (Wildman–Crippen MR) is 106 cm³/mol. The second-order valence-corrected chi connectivity index (χ2v) is 6.78. The van der Waals surface area contributed by atoms with Gasteiger partial charge in [0.05, 0.1) is 17.6 Å². The number of imidazole rings is 1. The first-order valence-electron chi connectivity index (χ1n) is 9.14.